The molecular weight excluding hydrogens is 741 g/mol. The van der Waals surface area contributed by atoms with E-state index in [0.29, 0.717) is 85.4 Å². The molecule has 0 unspecified atom stereocenters. The van der Waals surface area contributed by atoms with Gasteiger partial charge in [-0.25, -0.2) is 14.8 Å². The molecule has 314 valence electrons. The predicted molar refractivity (Wildman–Crippen MR) is 222 cm³/mol. The smallest absolute Gasteiger partial charge is 0.424 e. The molecule has 0 aliphatic heterocycles. The quantitative estimate of drug-likeness (QED) is 0.0523. The molecule has 0 fully saturated rings. The second-order valence-electron chi connectivity index (χ2n) is 14.2. The predicted octanol–water partition coefficient (Wildman–Crippen LogP) is 6.22. The molecule has 1 heterocycles. The van der Waals surface area contributed by atoms with Gasteiger partial charge >= 0.3 is 6.09 Å². The maximum atomic E-state index is 13.3. The summed E-state index contributed by atoms with van der Waals surface area (Å²) >= 11 is 0. The Hall–Kier alpha value is -4.63. The number of carbonyl (C=O) groups is 3. The van der Waals surface area contributed by atoms with Crippen LogP contribution in [0.5, 0.6) is 0 Å². The number of Topliss-reactive ketones (excluding diaryl/α,β-unsaturated/α-hetero) is 1. The molecule has 5 rings (SSSR count). The van der Waals surface area contributed by atoms with Gasteiger partial charge in [-0.1, -0.05) is 73.7 Å². The Morgan fingerprint density at radius 3 is 1.86 bits per heavy atom. The summed E-state index contributed by atoms with van der Waals surface area (Å²) in [7, 11) is 3.53. The molecule has 0 saturated carbocycles. The van der Waals surface area contributed by atoms with Gasteiger partial charge < -0.3 is 38.3 Å². The minimum atomic E-state index is -0.448. The van der Waals surface area contributed by atoms with Crippen LogP contribution in [0.3, 0.4) is 0 Å². The van der Waals surface area contributed by atoms with E-state index in [-0.39, 0.29) is 37.2 Å². The van der Waals surface area contributed by atoms with E-state index in [9.17, 15) is 14.4 Å². The lowest BCUT2D eigenvalue weighted by Gasteiger charge is -2.28. The van der Waals surface area contributed by atoms with Crippen molar-refractivity contribution < 1.29 is 42.8 Å². The molecule has 1 aliphatic rings. The molecule has 3 aromatic carbocycles. The van der Waals surface area contributed by atoms with Crippen LogP contribution in [0.2, 0.25) is 0 Å². The van der Waals surface area contributed by atoms with Gasteiger partial charge in [0.25, 0.3) is 0 Å². The first kappa shape index (κ1) is 44.5. The van der Waals surface area contributed by atoms with Crippen LogP contribution in [0.25, 0.3) is 22.0 Å². The lowest BCUT2D eigenvalue weighted by Crippen LogP contribution is -2.41. The van der Waals surface area contributed by atoms with Crippen LogP contribution in [0.1, 0.15) is 55.3 Å². The summed E-state index contributed by atoms with van der Waals surface area (Å²) in [5, 5.41) is 7.10. The zero-order valence-electron chi connectivity index (χ0n) is 34.3. The average molecular weight is 801 g/mol. The van der Waals surface area contributed by atoms with Crippen molar-refractivity contribution >= 4 is 28.7 Å². The van der Waals surface area contributed by atoms with Gasteiger partial charge in [0.2, 0.25) is 5.91 Å². The number of aryl methyl sites for hydroxylation is 1. The van der Waals surface area contributed by atoms with Gasteiger partial charge in [0.1, 0.15) is 6.61 Å². The first-order valence-corrected chi connectivity index (χ1v) is 20.4. The van der Waals surface area contributed by atoms with Gasteiger partial charge in [-0.05, 0) is 52.6 Å². The van der Waals surface area contributed by atoms with Crippen molar-refractivity contribution in [3.05, 3.63) is 95.7 Å². The molecule has 0 spiro atoms. The van der Waals surface area contributed by atoms with Gasteiger partial charge in [0.05, 0.1) is 65.9 Å². The third-order valence-electron chi connectivity index (χ3n) is 10.0. The van der Waals surface area contributed by atoms with E-state index in [1.54, 1.807) is 12.1 Å². The Kier molecular flexibility index (Phi) is 18.7. The summed E-state index contributed by atoms with van der Waals surface area (Å²) in [6.45, 7) is 8.35. The summed E-state index contributed by atoms with van der Waals surface area (Å²) in [6, 6.07) is 26.6. The Bertz CT molecular complexity index is 1840. The number of aromatic nitrogens is 1. The SMILES string of the molecule is CCCOCCOCCOCCOCCOCCCC(=O)CNC(=O)CCn1c(CN(C)N(C)C(=O)OCC2c3ccccc3-c3ccccc32)cc2ccccc21. The van der Waals surface area contributed by atoms with Crippen molar-refractivity contribution in [3.8, 4) is 11.1 Å². The number of hydrogen-bond acceptors (Lipinski definition) is 10. The summed E-state index contributed by atoms with van der Waals surface area (Å²) in [6.07, 6.45) is 1.64. The Balaban J connectivity index is 0.960. The molecule has 1 aliphatic carbocycles. The van der Waals surface area contributed by atoms with Crippen molar-refractivity contribution in [3.63, 3.8) is 0 Å². The van der Waals surface area contributed by atoms with Gasteiger partial charge in [-0.15, -0.1) is 0 Å². The number of ether oxygens (including phenoxy) is 6. The molecule has 1 N–H and O–H groups in total. The van der Waals surface area contributed by atoms with Crippen molar-refractivity contribution in [2.24, 2.45) is 0 Å². The van der Waals surface area contributed by atoms with E-state index in [1.807, 2.05) is 55.6 Å². The number of ketones is 1. The van der Waals surface area contributed by atoms with Gasteiger partial charge in [-0.2, -0.15) is 0 Å². The number of rotatable bonds is 28. The monoisotopic (exact) mass is 800 g/mol. The van der Waals surface area contributed by atoms with E-state index >= 15 is 0 Å². The second-order valence-corrected chi connectivity index (χ2v) is 14.2. The van der Waals surface area contributed by atoms with E-state index in [0.717, 1.165) is 40.8 Å². The molecule has 58 heavy (non-hydrogen) atoms. The number of benzene rings is 3. The lowest BCUT2D eigenvalue weighted by molar-refractivity contribution is -0.125. The van der Waals surface area contributed by atoms with Crippen LogP contribution in [0, 0.1) is 0 Å². The van der Waals surface area contributed by atoms with Crippen molar-refractivity contribution in [1.29, 1.82) is 0 Å². The second kappa shape index (κ2) is 24.3. The molecule has 0 radical (unpaired) electrons. The number of para-hydroxylation sites is 1. The van der Waals surface area contributed by atoms with Crippen molar-refractivity contribution in [1.82, 2.24) is 19.9 Å². The highest BCUT2D eigenvalue weighted by molar-refractivity contribution is 5.86. The Morgan fingerprint density at radius 1 is 0.690 bits per heavy atom. The van der Waals surface area contributed by atoms with Crippen LogP contribution in [0.4, 0.5) is 4.79 Å². The largest absolute Gasteiger partial charge is 0.447 e. The van der Waals surface area contributed by atoms with E-state index in [1.165, 1.54) is 16.1 Å². The van der Waals surface area contributed by atoms with Crippen LogP contribution in [-0.2, 0) is 51.1 Å². The Morgan fingerprint density at radius 2 is 1.24 bits per heavy atom. The van der Waals surface area contributed by atoms with Crippen LogP contribution < -0.4 is 5.32 Å². The minimum Gasteiger partial charge on any atom is -0.447 e. The molecule has 2 amide bonds. The molecule has 1 aromatic heterocycles. The fourth-order valence-corrected chi connectivity index (χ4v) is 6.91. The fraction of sp³-hybridized carbons (Fsp3) is 0.489. The van der Waals surface area contributed by atoms with E-state index < -0.39 is 6.09 Å². The van der Waals surface area contributed by atoms with Crippen LogP contribution in [-0.4, -0.2) is 126 Å². The zero-order chi connectivity index (χ0) is 41.0. The summed E-state index contributed by atoms with van der Waals surface area (Å²) in [4.78, 5) is 38.6. The van der Waals surface area contributed by atoms with Gasteiger partial charge in [0.15, 0.2) is 5.78 Å². The highest BCUT2D eigenvalue weighted by atomic mass is 16.6. The molecule has 0 bridgehead atoms. The summed E-state index contributed by atoms with van der Waals surface area (Å²) in [5.74, 6) is -0.283. The van der Waals surface area contributed by atoms with Gasteiger partial charge in [0, 0.05) is 63.8 Å². The summed E-state index contributed by atoms with van der Waals surface area (Å²) in [5.41, 5.74) is 6.61. The van der Waals surface area contributed by atoms with Crippen LogP contribution in [0.15, 0.2) is 78.9 Å². The maximum absolute atomic E-state index is 13.3. The van der Waals surface area contributed by atoms with E-state index in [4.69, 9.17) is 28.4 Å². The average Bonchev–Trinajstić information content (AvgIpc) is 3.76. The molecule has 0 saturated heterocycles. The summed E-state index contributed by atoms with van der Waals surface area (Å²) < 4.78 is 35.3. The molecule has 0 atom stereocenters. The van der Waals surface area contributed by atoms with Crippen molar-refractivity contribution in [2.75, 3.05) is 93.3 Å². The number of hydrogen-bond donors (Lipinski definition) is 1. The number of nitrogens with zero attached hydrogens (tertiary/aromatic N) is 3. The lowest BCUT2D eigenvalue weighted by atomic mass is 9.98. The van der Waals surface area contributed by atoms with Crippen LogP contribution >= 0.6 is 0 Å². The standard InChI is InChI=1S/C45H60N4O9/c1-4-21-53-23-25-55-27-29-57-30-28-56-26-24-54-22-11-13-37(50)32-46-44(51)19-20-49-36(31-35-12-5-10-18-43(35)49)33-47(2)48(3)45(52)58-34-42-40-16-8-6-14-38(40)39-15-7-9-17-41(39)42/h5-10,12,14-18,31,42H,4,11,13,19-30,32-34H2,1-3H3,(H,46,51). The number of hydrazine groups is 1. The number of fused-ring (bicyclic) bond motifs is 4. The minimum absolute atomic E-state index is 0.0213. The first-order valence-electron chi connectivity index (χ1n) is 20.4. The topological polar surface area (TPSA) is 130 Å². The Labute approximate surface area is 342 Å². The van der Waals surface area contributed by atoms with Crippen molar-refractivity contribution in [2.45, 2.75) is 51.6 Å². The fourth-order valence-electron chi connectivity index (χ4n) is 6.91. The van der Waals surface area contributed by atoms with E-state index in [2.05, 4.69) is 47.1 Å². The molecule has 13 nitrogen and oxygen atoms in total. The molecule has 4 aromatic rings. The first-order chi connectivity index (χ1) is 28.4. The zero-order valence-corrected chi connectivity index (χ0v) is 34.3. The molecule has 13 heteroatoms. The highest BCUT2D eigenvalue weighted by Gasteiger charge is 2.30. The molecular formula is C45H60N4O9. The van der Waals surface area contributed by atoms with Gasteiger partial charge in [-0.3, -0.25) is 9.59 Å². The number of nitrogens with one attached hydrogen (secondary N) is 1. The normalized spacial score (nSPS) is 12.2. The third-order valence-corrected chi connectivity index (χ3v) is 10.0. The third kappa shape index (κ3) is 13.5. The number of carbonyl (C=O) groups excluding carboxylic acids is 3. The number of amides is 2. The maximum Gasteiger partial charge on any atom is 0.424 e. The highest BCUT2D eigenvalue weighted by Crippen LogP contribution is 2.44.